The first kappa shape index (κ1) is 29.8. The number of aliphatic carboxylic acids is 2. The summed E-state index contributed by atoms with van der Waals surface area (Å²) in [6, 6.07) is 0. The molecule has 0 radical (unpaired) electrons. The van der Waals surface area contributed by atoms with Gasteiger partial charge in [-0.25, -0.2) is 4.21 Å². The van der Waals surface area contributed by atoms with E-state index in [1.165, 1.54) is 51.4 Å². The molecule has 1 atom stereocenters. The number of unbranched alkanes of at least 4 members (excludes halogenated alkanes) is 9. The summed E-state index contributed by atoms with van der Waals surface area (Å²) < 4.78 is 24.5. The third kappa shape index (κ3) is 35.9. The van der Waals surface area contributed by atoms with E-state index in [9.17, 15) is 18.4 Å². The summed E-state index contributed by atoms with van der Waals surface area (Å²) >= 11 is -2.33. The van der Waals surface area contributed by atoms with Crippen LogP contribution in [0.1, 0.15) is 84.0 Å². The minimum absolute atomic E-state index is 0. The van der Waals surface area contributed by atoms with E-state index in [1.54, 1.807) is 0 Å². The van der Waals surface area contributed by atoms with E-state index < -0.39 is 23.3 Å². The van der Waals surface area contributed by atoms with Crippen LogP contribution in [0.5, 0.6) is 0 Å². The molecule has 0 fully saturated rings. The fourth-order valence-electron chi connectivity index (χ4n) is 1.93. The van der Waals surface area contributed by atoms with Gasteiger partial charge in [-0.1, -0.05) is 64.7 Å². The van der Waals surface area contributed by atoms with Gasteiger partial charge in [-0.15, -0.1) is 0 Å². The van der Waals surface area contributed by atoms with Gasteiger partial charge in [0.1, 0.15) is 0 Å². The van der Waals surface area contributed by atoms with E-state index in [0.29, 0.717) is 6.61 Å². The average Bonchev–Trinajstić information content (AvgIpc) is 2.51. The van der Waals surface area contributed by atoms with Crippen molar-refractivity contribution in [1.29, 1.82) is 0 Å². The first-order valence-electron chi connectivity index (χ1n) is 8.56. The van der Waals surface area contributed by atoms with Crippen LogP contribution in [0.25, 0.3) is 0 Å². The van der Waals surface area contributed by atoms with Gasteiger partial charge in [-0.3, -0.25) is 9.59 Å². The Bertz CT molecular complexity index is 326. The van der Waals surface area contributed by atoms with E-state index in [0.717, 1.165) is 12.8 Å². The summed E-state index contributed by atoms with van der Waals surface area (Å²) in [6.07, 6.45) is 11.9. The summed E-state index contributed by atoms with van der Waals surface area (Å²) in [7, 11) is 0. The van der Waals surface area contributed by atoms with Crippen LogP contribution in [0.2, 0.25) is 0 Å². The number of carboxylic acids is 2. The Morgan fingerprint density at radius 2 is 1.20 bits per heavy atom. The molecule has 0 bridgehead atoms. The van der Waals surface area contributed by atoms with E-state index in [-0.39, 0.29) is 42.4 Å². The molecule has 0 aliphatic carbocycles. The van der Waals surface area contributed by atoms with Gasteiger partial charge in [0.05, 0.1) is 30.8 Å². The first-order valence-corrected chi connectivity index (χ1v) is 9.56. The second kappa shape index (κ2) is 24.0. The van der Waals surface area contributed by atoms with Crippen LogP contribution in [0.3, 0.4) is 0 Å². The van der Waals surface area contributed by atoms with Crippen LogP contribution in [0.15, 0.2) is 0 Å². The maximum absolute atomic E-state index is 10.0. The molecule has 0 saturated heterocycles. The van der Waals surface area contributed by atoms with Crippen LogP contribution < -0.4 is 29.6 Å². The second-order valence-electron chi connectivity index (χ2n) is 5.50. The Labute approximate surface area is 175 Å². The Morgan fingerprint density at radius 1 is 0.840 bits per heavy atom. The maximum atomic E-state index is 10.0. The zero-order valence-corrected chi connectivity index (χ0v) is 18.4. The predicted molar refractivity (Wildman–Crippen MR) is 91.2 cm³/mol. The fraction of sp³-hybridized carbons (Fsp3) is 0.875. The molecule has 0 aliphatic heterocycles. The summed E-state index contributed by atoms with van der Waals surface area (Å²) in [5, 5.41) is 15.8. The number of rotatable bonds is 15. The third-order valence-corrected chi connectivity index (χ3v) is 3.59. The van der Waals surface area contributed by atoms with Crippen LogP contribution in [-0.2, 0) is 25.1 Å². The Balaban J connectivity index is -0.000000457. The summed E-state index contributed by atoms with van der Waals surface area (Å²) in [5.74, 6) is -2.15. The predicted octanol–water partition coefficient (Wildman–Crippen LogP) is 0.658. The van der Waals surface area contributed by atoms with Crippen molar-refractivity contribution in [2.75, 3.05) is 6.61 Å². The van der Waals surface area contributed by atoms with Crippen molar-refractivity contribution in [2.24, 2.45) is 0 Å². The summed E-state index contributed by atoms with van der Waals surface area (Å²) in [4.78, 5) is 19.3. The molecule has 0 amide bonds. The van der Waals surface area contributed by atoms with Crippen LogP contribution >= 0.6 is 0 Å². The van der Waals surface area contributed by atoms with Crippen LogP contribution in [0.4, 0.5) is 0 Å². The third-order valence-electron chi connectivity index (χ3n) is 3.23. The zero-order chi connectivity index (χ0) is 18.6. The second-order valence-corrected chi connectivity index (χ2v) is 6.14. The van der Waals surface area contributed by atoms with Crippen molar-refractivity contribution in [3.8, 4) is 0 Å². The van der Waals surface area contributed by atoms with Gasteiger partial charge in [0.2, 0.25) is 0 Å². The molecule has 0 aliphatic rings. The van der Waals surface area contributed by atoms with Gasteiger partial charge in [-0.05, 0) is 6.42 Å². The smallest absolute Gasteiger partial charge is 0.750 e. The molecule has 2 N–H and O–H groups in total. The van der Waals surface area contributed by atoms with E-state index in [4.69, 9.17) is 10.2 Å². The van der Waals surface area contributed by atoms with Crippen molar-refractivity contribution in [3.05, 3.63) is 0 Å². The summed E-state index contributed by atoms with van der Waals surface area (Å²) in [5.41, 5.74) is 0. The molecule has 0 spiro atoms. The largest absolute Gasteiger partial charge is 1.00 e. The molecule has 0 aromatic heterocycles. The van der Waals surface area contributed by atoms with Crippen molar-refractivity contribution in [2.45, 2.75) is 84.0 Å². The van der Waals surface area contributed by atoms with Crippen molar-refractivity contribution >= 4 is 23.3 Å². The number of carboxylic acid groups (broad SMARTS) is 2. The molecule has 0 rings (SSSR count). The van der Waals surface area contributed by atoms with E-state index >= 15 is 0 Å². The van der Waals surface area contributed by atoms with Gasteiger partial charge >= 0.3 is 41.5 Å². The fourth-order valence-corrected chi connectivity index (χ4v) is 2.18. The average molecular weight is 390 g/mol. The van der Waals surface area contributed by atoms with Crippen LogP contribution in [0, 0.1) is 0 Å². The van der Waals surface area contributed by atoms with E-state index in [1.807, 2.05) is 0 Å². The number of hydrogen-bond acceptors (Lipinski definition) is 5. The number of hydrogen-bond donors (Lipinski definition) is 2. The standard InChI is InChI=1S/C12H26O3S.C4H6O4.Na/c1-2-3-4-5-6-7-8-9-10-11-12-15-16(13)14;5-3(6)1-2-4(7)8;/h2-12H2,1H3,(H,13,14);1-2H2,(H,5,6)(H,7,8);/q;;+1/p-1. The van der Waals surface area contributed by atoms with Gasteiger partial charge in [-0.2, -0.15) is 0 Å². The topological polar surface area (TPSA) is 124 Å². The van der Waals surface area contributed by atoms with E-state index in [2.05, 4.69) is 11.1 Å². The molecule has 0 saturated carbocycles. The Kier molecular flexibility index (Phi) is 28.6. The molecule has 7 nitrogen and oxygen atoms in total. The van der Waals surface area contributed by atoms with Crippen LogP contribution in [-0.4, -0.2) is 37.5 Å². The molecular weight excluding hydrogens is 359 g/mol. The van der Waals surface area contributed by atoms with Crippen molar-refractivity contribution in [3.63, 3.8) is 0 Å². The molecule has 1 unspecified atom stereocenters. The monoisotopic (exact) mass is 390 g/mol. The molecule has 144 valence electrons. The maximum Gasteiger partial charge on any atom is 1.00 e. The van der Waals surface area contributed by atoms with Crippen molar-refractivity contribution < 1.29 is 62.3 Å². The minimum atomic E-state index is -2.33. The molecule has 0 heterocycles. The Hall–Kier alpha value is 0.0100. The number of carbonyl (C=O) groups is 2. The van der Waals surface area contributed by atoms with Gasteiger partial charge in [0.25, 0.3) is 0 Å². The first-order chi connectivity index (χ1) is 11.4. The van der Waals surface area contributed by atoms with Gasteiger partial charge in [0.15, 0.2) is 0 Å². The zero-order valence-electron chi connectivity index (χ0n) is 15.5. The quantitative estimate of drug-likeness (QED) is 0.239. The molecule has 0 aromatic rings. The normalized spacial score (nSPS) is 11.0. The van der Waals surface area contributed by atoms with Gasteiger partial charge < -0.3 is 18.9 Å². The molecule has 0 aromatic carbocycles. The minimum Gasteiger partial charge on any atom is -0.750 e. The molecular formula is C16H31NaO7S. The molecule has 25 heavy (non-hydrogen) atoms. The summed E-state index contributed by atoms with van der Waals surface area (Å²) in [6.45, 7) is 2.57. The molecule has 9 heteroatoms. The Morgan fingerprint density at radius 3 is 1.52 bits per heavy atom. The SMILES string of the molecule is CCCCCCCCCCCCOS(=O)[O-].O=C(O)CCC(=O)O.[Na+]. The van der Waals surface area contributed by atoms with Crippen molar-refractivity contribution in [1.82, 2.24) is 0 Å². The van der Waals surface area contributed by atoms with Gasteiger partial charge in [0, 0.05) is 0 Å².